The number of hydrogen-bond acceptors (Lipinski definition) is 9. The molecule has 3 atom stereocenters. The molecule has 12 heteroatoms. The van der Waals surface area contributed by atoms with Crippen molar-refractivity contribution in [2.75, 3.05) is 54.2 Å². The second-order valence-corrected chi connectivity index (χ2v) is 9.27. The van der Waals surface area contributed by atoms with Crippen molar-refractivity contribution in [1.82, 2.24) is 10.2 Å². The average molecular weight is 622 g/mol. The van der Waals surface area contributed by atoms with Crippen LogP contribution in [0.5, 0.6) is 11.5 Å². The van der Waals surface area contributed by atoms with Crippen molar-refractivity contribution in [1.29, 1.82) is 0 Å². The first-order valence-electron chi connectivity index (χ1n) is 11.5. The minimum absolute atomic E-state index is 0.0589. The minimum atomic E-state index is -1.18. The second kappa shape index (κ2) is 15.3. The minimum Gasteiger partial charge on any atom is -0.493 e. The molecular weight excluding hydrogens is 587 g/mol. The molecule has 0 saturated carbocycles. The van der Waals surface area contributed by atoms with E-state index in [9.17, 15) is 19.8 Å². The van der Waals surface area contributed by atoms with Gasteiger partial charge < -0.3 is 44.5 Å². The number of rotatable bonds is 14. The molecule has 0 aliphatic heterocycles. The standard InChI is InChI=1S/C24H35IN2O9/c1-33-8-4-21(30)27(6-9-34-2)18-12-16(24(32)26-5-7-28)13-19(22(18)31)36-23-17(25)10-15(14-29)11-20(23)35-3/h10-11,13,18-19,22,28-29,31H,4-9,12,14H2,1-3H3,(H,26,32). The van der Waals surface area contributed by atoms with Gasteiger partial charge in [0.15, 0.2) is 11.5 Å². The Morgan fingerprint density at radius 3 is 2.50 bits per heavy atom. The van der Waals surface area contributed by atoms with Crippen molar-refractivity contribution in [2.45, 2.75) is 37.7 Å². The fraction of sp³-hybridized carbons (Fsp3) is 0.583. The predicted octanol–water partition coefficient (Wildman–Crippen LogP) is 0.219. The second-order valence-electron chi connectivity index (χ2n) is 8.11. The van der Waals surface area contributed by atoms with Crippen LogP contribution in [0, 0.1) is 3.57 Å². The van der Waals surface area contributed by atoms with E-state index < -0.39 is 24.2 Å². The summed E-state index contributed by atoms with van der Waals surface area (Å²) in [5.41, 5.74) is 0.937. The first kappa shape index (κ1) is 30.3. The third-order valence-electron chi connectivity index (χ3n) is 5.72. The number of nitrogens with one attached hydrogen (secondary N) is 1. The van der Waals surface area contributed by atoms with Crippen LogP contribution in [-0.4, -0.2) is 105 Å². The fourth-order valence-electron chi connectivity index (χ4n) is 3.89. The summed E-state index contributed by atoms with van der Waals surface area (Å²) in [4.78, 5) is 27.4. The highest BCUT2D eigenvalue weighted by Gasteiger charge is 2.40. The summed E-state index contributed by atoms with van der Waals surface area (Å²) in [6, 6.07) is 2.57. The van der Waals surface area contributed by atoms with Gasteiger partial charge in [-0.2, -0.15) is 0 Å². The largest absolute Gasteiger partial charge is 0.493 e. The molecule has 0 spiro atoms. The molecule has 0 bridgehead atoms. The summed E-state index contributed by atoms with van der Waals surface area (Å²) in [5.74, 6) is 0.00364. The molecule has 36 heavy (non-hydrogen) atoms. The first-order valence-corrected chi connectivity index (χ1v) is 12.6. The van der Waals surface area contributed by atoms with Gasteiger partial charge in [0.2, 0.25) is 11.8 Å². The van der Waals surface area contributed by atoms with Crippen LogP contribution in [0.1, 0.15) is 18.4 Å². The maximum absolute atomic E-state index is 13.0. The van der Waals surface area contributed by atoms with Crippen LogP contribution in [0.2, 0.25) is 0 Å². The van der Waals surface area contributed by atoms with Crippen LogP contribution in [0.3, 0.4) is 0 Å². The number of ether oxygens (including phenoxy) is 4. The number of aliphatic hydroxyl groups excluding tert-OH is 3. The Balaban J connectivity index is 2.47. The van der Waals surface area contributed by atoms with E-state index in [2.05, 4.69) is 5.32 Å². The molecule has 1 aliphatic carbocycles. The molecule has 3 unspecified atom stereocenters. The van der Waals surface area contributed by atoms with Gasteiger partial charge in [-0.05, 0) is 46.4 Å². The topological polar surface area (TPSA) is 147 Å². The summed E-state index contributed by atoms with van der Waals surface area (Å²) >= 11 is 2.04. The number of hydrogen-bond donors (Lipinski definition) is 4. The lowest BCUT2D eigenvalue weighted by Crippen LogP contribution is -2.56. The normalized spacial score (nSPS) is 19.4. The maximum atomic E-state index is 13.0. The average Bonchev–Trinajstić information content (AvgIpc) is 2.88. The number of carbonyl (C=O) groups is 2. The number of halogens is 1. The van der Waals surface area contributed by atoms with Gasteiger partial charge in [-0.1, -0.05) is 0 Å². The van der Waals surface area contributed by atoms with Crippen molar-refractivity contribution < 1.29 is 43.9 Å². The Kier molecular flexibility index (Phi) is 12.9. The van der Waals surface area contributed by atoms with E-state index in [1.807, 2.05) is 22.6 Å². The molecule has 202 valence electrons. The molecule has 2 rings (SSSR count). The van der Waals surface area contributed by atoms with Crippen LogP contribution in [0.25, 0.3) is 0 Å². The monoisotopic (exact) mass is 622 g/mol. The van der Waals surface area contributed by atoms with Gasteiger partial charge in [-0.3, -0.25) is 9.59 Å². The highest BCUT2D eigenvalue weighted by molar-refractivity contribution is 14.1. The molecule has 11 nitrogen and oxygen atoms in total. The van der Waals surface area contributed by atoms with Crippen molar-refractivity contribution in [3.8, 4) is 11.5 Å². The van der Waals surface area contributed by atoms with Crippen LogP contribution in [0.4, 0.5) is 0 Å². The molecule has 4 N–H and O–H groups in total. The Morgan fingerprint density at radius 1 is 1.17 bits per heavy atom. The zero-order valence-electron chi connectivity index (χ0n) is 20.7. The van der Waals surface area contributed by atoms with Crippen molar-refractivity contribution in [3.63, 3.8) is 0 Å². The number of amides is 2. The maximum Gasteiger partial charge on any atom is 0.247 e. The Morgan fingerprint density at radius 2 is 1.89 bits per heavy atom. The van der Waals surface area contributed by atoms with Gasteiger partial charge in [0.05, 0.1) is 49.6 Å². The number of benzene rings is 1. The Labute approximate surface area is 224 Å². The zero-order valence-corrected chi connectivity index (χ0v) is 22.9. The van der Waals surface area contributed by atoms with E-state index in [0.29, 0.717) is 26.2 Å². The first-order chi connectivity index (χ1) is 17.3. The molecular formula is C24H35IN2O9. The van der Waals surface area contributed by atoms with Crippen LogP contribution < -0.4 is 14.8 Å². The van der Waals surface area contributed by atoms with Crippen LogP contribution in [-0.2, 0) is 25.7 Å². The zero-order chi connectivity index (χ0) is 26.7. The third kappa shape index (κ3) is 8.02. The third-order valence-corrected chi connectivity index (χ3v) is 6.52. The van der Waals surface area contributed by atoms with Gasteiger partial charge in [-0.15, -0.1) is 0 Å². The van der Waals surface area contributed by atoms with E-state index in [4.69, 9.17) is 24.1 Å². The molecule has 0 saturated heterocycles. The number of methoxy groups -OCH3 is 3. The summed E-state index contributed by atoms with van der Waals surface area (Å²) in [7, 11) is 4.47. The van der Waals surface area contributed by atoms with E-state index in [0.717, 1.165) is 0 Å². The lowest BCUT2D eigenvalue weighted by atomic mass is 9.88. The van der Waals surface area contributed by atoms with Crippen molar-refractivity contribution in [2.24, 2.45) is 0 Å². The summed E-state index contributed by atoms with van der Waals surface area (Å²) < 4.78 is 22.5. The number of nitrogens with zero attached hydrogens (tertiary/aromatic N) is 1. The Bertz CT molecular complexity index is 912. The lowest BCUT2D eigenvalue weighted by Gasteiger charge is -2.40. The van der Waals surface area contributed by atoms with E-state index >= 15 is 0 Å². The Hall–Kier alpha value is -1.97. The van der Waals surface area contributed by atoms with Gasteiger partial charge in [0, 0.05) is 39.3 Å². The number of carbonyl (C=O) groups excluding carboxylic acids is 2. The van der Waals surface area contributed by atoms with Crippen molar-refractivity contribution in [3.05, 3.63) is 32.9 Å². The van der Waals surface area contributed by atoms with Crippen LogP contribution in [0.15, 0.2) is 23.8 Å². The highest BCUT2D eigenvalue weighted by Crippen LogP contribution is 2.37. The van der Waals surface area contributed by atoms with E-state index in [1.165, 1.54) is 32.3 Å². The SMILES string of the molecule is COCCC(=O)N(CCOC)C1CC(C(=O)NCCO)=CC(Oc2c(I)cc(CO)cc2OC)C1O. The fourth-order valence-corrected chi connectivity index (χ4v) is 4.69. The summed E-state index contributed by atoms with van der Waals surface area (Å²) in [6.07, 6.45) is -0.475. The molecule has 1 aromatic rings. The molecule has 1 aliphatic rings. The number of aliphatic hydroxyl groups is 3. The predicted molar refractivity (Wildman–Crippen MR) is 139 cm³/mol. The highest BCUT2D eigenvalue weighted by atomic mass is 127. The molecule has 0 aromatic heterocycles. The van der Waals surface area contributed by atoms with Crippen LogP contribution >= 0.6 is 22.6 Å². The van der Waals surface area contributed by atoms with Crippen molar-refractivity contribution >= 4 is 34.4 Å². The summed E-state index contributed by atoms with van der Waals surface area (Å²) in [6.45, 7) is 0.282. The molecule has 0 radical (unpaired) electrons. The van der Waals surface area contributed by atoms with E-state index in [1.54, 1.807) is 12.1 Å². The smallest absolute Gasteiger partial charge is 0.247 e. The molecule has 2 amide bonds. The summed E-state index contributed by atoms with van der Waals surface area (Å²) in [5, 5.41) is 32.6. The van der Waals surface area contributed by atoms with Gasteiger partial charge in [0.25, 0.3) is 0 Å². The van der Waals surface area contributed by atoms with Gasteiger partial charge >= 0.3 is 0 Å². The molecule has 0 fully saturated rings. The molecule has 1 aromatic carbocycles. The van der Waals surface area contributed by atoms with E-state index in [-0.39, 0.29) is 58.3 Å². The van der Waals surface area contributed by atoms with Gasteiger partial charge in [0.1, 0.15) is 12.2 Å². The molecule has 0 heterocycles. The lowest BCUT2D eigenvalue weighted by molar-refractivity contribution is -0.140. The van der Waals surface area contributed by atoms with Gasteiger partial charge in [-0.25, -0.2) is 0 Å². The quantitative estimate of drug-likeness (QED) is 0.214.